The number of nitrogens with one attached hydrogen (secondary N) is 2. The molecule has 0 fully saturated rings. The number of carbonyl (C=O) groups excluding carboxylic acids is 2. The number of methoxy groups -OCH3 is 1. The zero-order chi connectivity index (χ0) is 20.6. The van der Waals surface area contributed by atoms with Crippen LogP contribution in [0.2, 0.25) is 0 Å². The lowest BCUT2D eigenvalue weighted by Crippen LogP contribution is -2.17. The van der Waals surface area contributed by atoms with E-state index in [-0.39, 0.29) is 11.8 Å². The molecular weight excluding hydrogens is 364 g/mol. The van der Waals surface area contributed by atoms with Crippen molar-refractivity contribution in [3.05, 3.63) is 89.5 Å². The molecule has 0 heterocycles. The molecule has 0 saturated heterocycles. The number of anilines is 2. The van der Waals surface area contributed by atoms with Crippen molar-refractivity contribution in [2.75, 3.05) is 17.7 Å². The summed E-state index contributed by atoms with van der Waals surface area (Å²) in [5.41, 5.74) is 3.70. The Kier molecular flexibility index (Phi) is 6.63. The van der Waals surface area contributed by atoms with Crippen LogP contribution in [0.25, 0.3) is 0 Å². The van der Waals surface area contributed by atoms with E-state index in [1.807, 2.05) is 61.5 Å². The minimum Gasteiger partial charge on any atom is -0.497 e. The quantitative estimate of drug-likeness (QED) is 0.609. The van der Waals surface area contributed by atoms with Crippen LogP contribution in [-0.2, 0) is 11.2 Å². The molecule has 3 rings (SSSR count). The fourth-order valence-electron chi connectivity index (χ4n) is 3.00. The van der Waals surface area contributed by atoms with E-state index < -0.39 is 0 Å². The third-order valence-electron chi connectivity index (χ3n) is 4.68. The van der Waals surface area contributed by atoms with Gasteiger partial charge in [0.15, 0.2) is 0 Å². The SMILES string of the molecule is COc1ccc(CCC(=O)Nc2cccc(C(=O)Nc3ccccc3)c2C)cc1. The number of amides is 2. The van der Waals surface area contributed by atoms with Gasteiger partial charge in [0.1, 0.15) is 5.75 Å². The first kappa shape index (κ1) is 20.1. The van der Waals surface area contributed by atoms with Gasteiger partial charge in [0.25, 0.3) is 5.91 Å². The van der Waals surface area contributed by atoms with Gasteiger partial charge < -0.3 is 15.4 Å². The van der Waals surface area contributed by atoms with E-state index in [9.17, 15) is 9.59 Å². The van der Waals surface area contributed by atoms with Crippen LogP contribution in [-0.4, -0.2) is 18.9 Å². The maximum absolute atomic E-state index is 12.6. The second-order valence-corrected chi connectivity index (χ2v) is 6.69. The molecule has 2 N–H and O–H groups in total. The Balaban J connectivity index is 1.62. The summed E-state index contributed by atoms with van der Waals surface area (Å²) in [6.07, 6.45) is 0.981. The maximum Gasteiger partial charge on any atom is 0.256 e. The van der Waals surface area contributed by atoms with Gasteiger partial charge in [0.05, 0.1) is 7.11 Å². The summed E-state index contributed by atoms with van der Waals surface area (Å²) < 4.78 is 5.14. The van der Waals surface area contributed by atoms with Crippen LogP contribution >= 0.6 is 0 Å². The normalized spacial score (nSPS) is 10.3. The van der Waals surface area contributed by atoms with Crippen LogP contribution in [0.4, 0.5) is 11.4 Å². The molecule has 0 unspecified atom stereocenters. The highest BCUT2D eigenvalue weighted by molar-refractivity contribution is 6.06. The minimum absolute atomic E-state index is 0.0930. The summed E-state index contributed by atoms with van der Waals surface area (Å²) in [6.45, 7) is 1.83. The summed E-state index contributed by atoms with van der Waals surface area (Å²) in [7, 11) is 1.62. The maximum atomic E-state index is 12.6. The van der Waals surface area contributed by atoms with Crippen LogP contribution in [0.1, 0.15) is 27.9 Å². The van der Waals surface area contributed by atoms with Gasteiger partial charge in [-0.1, -0.05) is 36.4 Å². The van der Waals surface area contributed by atoms with Gasteiger partial charge in [-0.25, -0.2) is 0 Å². The molecular formula is C24H24N2O3. The Morgan fingerprint density at radius 2 is 1.59 bits per heavy atom. The average Bonchev–Trinajstić information content (AvgIpc) is 2.75. The fourth-order valence-corrected chi connectivity index (χ4v) is 3.00. The first-order chi connectivity index (χ1) is 14.1. The van der Waals surface area contributed by atoms with Crippen molar-refractivity contribution in [3.63, 3.8) is 0 Å². The first-order valence-corrected chi connectivity index (χ1v) is 9.45. The monoisotopic (exact) mass is 388 g/mol. The Bertz CT molecular complexity index is 983. The molecule has 3 aromatic rings. The molecule has 148 valence electrons. The summed E-state index contributed by atoms with van der Waals surface area (Å²) in [5, 5.41) is 5.79. The number of hydrogen-bond donors (Lipinski definition) is 2. The number of rotatable bonds is 7. The van der Waals surface area contributed by atoms with E-state index in [1.54, 1.807) is 25.3 Å². The molecule has 5 nitrogen and oxygen atoms in total. The molecule has 0 radical (unpaired) electrons. The highest BCUT2D eigenvalue weighted by atomic mass is 16.5. The number of ether oxygens (including phenoxy) is 1. The predicted octanol–water partition coefficient (Wildman–Crippen LogP) is 4.83. The van der Waals surface area contributed by atoms with Crippen LogP contribution in [0.15, 0.2) is 72.8 Å². The Hall–Kier alpha value is -3.60. The van der Waals surface area contributed by atoms with Crippen molar-refractivity contribution in [2.45, 2.75) is 19.8 Å². The summed E-state index contributed by atoms with van der Waals surface area (Å²) in [4.78, 5) is 25.0. The van der Waals surface area contributed by atoms with Crippen molar-refractivity contribution < 1.29 is 14.3 Å². The molecule has 0 aliphatic rings. The van der Waals surface area contributed by atoms with Crippen molar-refractivity contribution in [3.8, 4) is 5.75 Å². The topological polar surface area (TPSA) is 67.4 Å². The molecule has 5 heteroatoms. The highest BCUT2D eigenvalue weighted by Crippen LogP contribution is 2.21. The number of carbonyl (C=O) groups is 2. The van der Waals surface area contributed by atoms with Gasteiger partial charge in [-0.3, -0.25) is 9.59 Å². The third-order valence-corrected chi connectivity index (χ3v) is 4.68. The van der Waals surface area contributed by atoms with Crippen molar-refractivity contribution in [1.82, 2.24) is 0 Å². The molecule has 29 heavy (non-hydrogen) atoms. The lowest BCUT2D eigenvalue weighted by Gasteiger charge is -2.13. The lowest BCUT2D eigenvalue weighted by atomic mass is 10.1. The second kappa shape index (κ2) is 9.55. The number of aryl methyl sites for hydroxylation is 1. The summed E-state index contributed by atoms with van der Waals surface area (Å²) in [5.74, 6) is 0.493. The summed E-state index contributed by atoms with van der Waals surface area (Å²) in [6, 6.07) is 22.3. The minimum atomic E-state index is -0.206. The van der Waals surface area contributed by atoms with Gasteiger partial charge in [-0.15, -0.1) is 0 Å². The first-order valence-electron chi connectivity index (χ1n) is 9.45. The Morgan fingerprint density at radius 3 is 2.28 bits per heavy atom. The molecule has 0 aliphatic heterocycles. The molecule has 0 saturated carbocycles. The van der Waals surface area contributed by atoms with Gasteiger partial charge in [0, 0.05) is 23.4 Å². The third kappa shape index (κ3) is 5.45. The van der Waals surface area contributed by atoms with Gasteiger partial charge >= 0.3 is 0 Å². The van der Waals surface area contributed by atoms with E-state index in [4.69, 9.17) is 4.74 Å². The molecule has 0 atom stereocenters. The largest absolute Gasteiger partial charge is 0.497 e. The van der Waals surface area contributed by atoms with Crippen LogP contribution < -0.4 is 15.4 Å². The van der Waals surface area contributed by atoms with E-state index >= 15 is 0 Å². The lowest BCUT2D eigenvalue weighted by molar-refractivity contribution is -0.116. The van der Waals surface area contributed by atoms with Crippen LogP contribution in [0, 0.1) is 6.92 Å². The molecule has 0 bridgehead atoms. The fraction of sp³-hybridized carbons (Fsp3) is 0.167. The van der Waals surface area contributed by atoms with E-state index in [0.717, 1.165) is 22.6 Å². The number of benzene rings is 3. The van der Waals surface area contributed by atoms with Crippen molar-refractivity contribution in [2.24, 2.45) is 0 Å². The number of hydrogen-bond acceptors (Lipinski definition) is 3. The zero-order valence-electron chi connectivity index (χ0n) is 16.6. The van der Waals surface area contributed by atoms with E-state index in [2.05, 4.69) is 10.6 Å². The van der Waals surface area contributed by atoms with Crippen LogP contribution in [0.3, 0.4) is 0 Å². The molecule has 0 aliphatic carbocycles. The van der Waals surface area contributed by atoms with Crippen molar-refractivity contribution >= 4 is 23.2 Å². The van der Waals surface area contributed by atoms with Crippen LogP contribution in [0.5, 0.6) is 5.75 Å². The standard InChI is InChI=1S/C24H24N2O3/c1-17-21(24(28)25-19-7-4-3-5-8-19)9-6-10-22(17)26-23(27)16-13-18-11-14-20(29-2)15-12-18/h3-12,14-15H,13,16H2,1-2H3,(H,25,28)(H,26,27). The molecule has 3 aromatic carbocycles. The highest BCUT2D eigenvalue weighted by Gasteiger charge is 2.13. The van der Waals surface area contributed by atoms with E-state index in [1.165, 1.54) is 0 Å². The summed E-state index contributed by atoms with van der Waals surface area (Å²) >= 11 is 0. The number of para-hydroxylation sites is 1. The van der Waals surface area contributed by atoms with Crippen molar-refractivity contribution in [1.29, 1.82) is 0 Å². The average molecular weight is 388 g/mol. The van der Waals surface area contributed by atoms with Gasteiger partial charge in [-0.05, 0) is 60.9 Å². The van der Waals surface area contributed by atoms with Gasteiger partial charge in [-0.2, -0.15) is 0 Å². The van der Waals surface area contributed by atoms with E-state index in [0.29, 0.717) is 24.1 Å². The Labute approximate surface area is 170 Å². The zero-order valence-corrected chi connectivity index (χ0v) is 16.6. The molecule has 0 aromatic heterocycles. The predicted molar refractivity (Wildman–Crippen MR) is 116 cm³/mol. The second-order valence-electron chi connectivity index (χ2n) is 6.69. The van der Waals surface area contributed by atoms with Gasteiger partial charge in [0.2, 0.25) is 5.91 Å². The molecule has 0 spiro atoms. The Morgan fingerprint density at radius 1 is 0.862 bits per heavy atom. The smallest absolute Gasteiger partial charge is 0.256 e. The molecule has 2 amide bonds.